The molecule has 0 aromatic heterocycles. The molecule has 0 aliphatic carbocycles. The van der Waals surface area contributed by atoms with Gasteiger partial charge in [-0.15, -0.1) is 0 Å². The molecule has 1 unspecified atom stereocenters. The first-order valence-corrected chi connectivity index (χ1v) is 6.80. The topological polar surface area (TPSA) is 47.6 Å². The van der Waals surface area contributed by atoms with Crippen LogP contribution in [0.5, 0.6) is 5.75 Å². The maximum Gasteiger partial charge on any atom is 0.251 e. The summed E-state index contributed by atoms with van der Waals surface area (Å²) in [6, 6.07) is 7.38. The van der Waals surface area contributed by atoms with E-state index in [9.17, 15) is 4.79 Å². The van der Waals surface area contributed by atoms with E-state index in [0.717, 1.165) is 19.4 Å². The van der Waals surface area contributed by atoms with E-state index in [-0.39, 0.29) is 18.1 Å². The Bertz CT molecular complexity index is 425. The van der Waals surface area contributed by atoms with Crippen LogP contribution in [0, 0.1) is 0 Å². The number of hydrogen-bond acceptors (Lipinski definition) is 3. The van der Waals surface area contributed by atoms with Crippen molar-refractivity contribution in [1.82, 2.24) is 5.32 Å². The minimum atomic E-state index is -0.0717. The fourth-order valence-electron chi connectivity index (χ4n) is 2.04. The summed E-state index contributed by atoms with van der Waals surface area (Å²) in [5.74, 6) is 0.643. The van der Waals surface area contributed by atoms with Crippen molar-refractivity contribution in [3.63, 3.8) is 0 Å². The summed E-state index contributed by atoms with van der Waals surface area (Å²) < 4.78 is 11.2. The molecule has 104 valence electrons. The van der Waals surface area contributed by atoms with Crippen LogP contribution in [0.3, 0.4) is 0 Å². The molecule has 0 radical (unpaired) electrons. The van der Waals surface area contributed by atoms with Crippen LogP contribution >= 0.6 is 0 Å². The normalized spacial score (nSPS) is 18.6. The molecule has 1 saturated heterocycles. The average molecular weight is 263 g/mol. The number of benzene rings is 1. The molecule has 19 heavy (non-hydrogen) atoms. The van der Waals surface area contributed by atoms with Gasteiger partial charge in [-0.2, -0.15) is 0 Å². The lowest BCUT2D eigenvalue weighted by Gasteiger charge is -2.13. The molecule has 2 rings (SSSR count). The Balaban J connectivity index is 1.92. The SMILES string of the molecule is CC(C)NC(=O)c1cccc(OCC2CCCO2)c1. The van der Waals surface area contributed by atoms with Crippen molar-refractivity contribution in [2.45, 2.75) is 38.8 Å². The van der Waals surface area contributed by atoms with Gasteiger partial charge in [0.15, 0.2) is 0 Å². The zero-order valence-corrected chi connectivity index (χ0v) is 11.5. The first-order chi connectivity index (χ1) is 9.15. The zero-order valence-electron chi connectivity index (χ0n) is 11.5. The van der Waals surface area contributed by atoms with Gasteiger partial charge in [-0.25, -0.2) is 0 Å². The molecule has 1 amide bonds. The zero-order chi connectivity index (χ0) is 13.7. The molecular formula is C15H21NO3. The Kier molecular flexibility index (Phi) is 4.80. The van der Waals surface area contributed by atoms with E-state index in [4.69, 9.17) is 9.47 Å². The third kappa shape index (κ3) is 4.24. The highest BCUT2D eigenvalue weighted by Gasteiger charge is 2.16. The van der Waals surface area contributed by atoms with Crippen LogP contribution in [0.15, 0.2) is 24.3 Å². The van der Waals surface area contributed by atoms with Crippen LogP contribution in [0.25, 0.3) is 0 Å². The molecule has 1 aromatic carbocycles. The van der Waals surface area contributed by atoms with E-state index < -0.39 is 0 Å². The van der Waals surface area contributed by atoms with Gasteiger partial charge in [-0.3, -0.25) is 4.79 Å². The number of rotatable bonds is 5. The molecule has 1 aromatic rings. The second kappa shape index (κ2) is 6.57. The van der Waals surface area contributed by atoms with E-state index in [1.165, 1.54) is 0 Å². The van der Waals surface area contributed by atoms with Crippen LogP contribution in [0.4, 0.5) is 0 Å². The lowest BCUT2D eigenvalue weighted by Crippen LogP contribution is -2.30. The molecule has 1 aliphatic heterocycles. The Morgan fingerprint density at radius 1 is 1.53 bits per heavy atom. The van der Waals surface area contributed by atoms with Gasteiger partial charge in [0.05, 0.1) is 6.10 Å². The minimum absolute atomic E-state index is 0.0717. The summed E-state index contributed by atoms with van der Waals surface area (Å²) in [7, 11) is 0. The second-order valence-corrected chi connectivity index (χ2v) is 5.10. The molecule has 4 heteroatoms. The van der Waals surface area contributed by atoms with Crippen molar-refractivity contribution in [2.24, 2.45) is 0 Å². The number of amides is 1. The maximum atomic E-state index is 11.9. The average Bonchev–Trinajstić information content (AvgIpc) is 2.89. The summed E-state index contributed by atoms with van der Waals surface area (Å²) >= 11 is 0. The highest BCUT2D eigenvalue weighted by atomic mass is 16.5. The van der Waals surface area contributed by atoms with Crippen LogP contribution in [0.1, 0.15) is 37.0 Å². The Hall–Kier alpha value is -1.55. The monoisotopic (exact) mass is 263 g/mol. The number of carbonyl (C=O) groups excluding carboxylic acids is 1. The first-order valence-electron chi connectivity index (χ1n) is 6.80. The smallest absolute Gasteiger partial charge is 0.251 e. The largest absolute Gasteiger partial charge is 0.491 e. The molecule has 0 bridgehead atoms. The molecule has 0 spiro atoms. The molecule has 1 heterocycles. The van der Waals surface area contributed by atoms with Crippen molar-refractivity contribution in [3.05, 3.63) is 29.8 Å². The van der Waals surface area contributed by atoms with Crippen molar-refractivity contribution in [2.75, 3.05) is 13.2 Å². The molecule has 1 aliphatic rings. The molecule has 1 atom stereocenters. The number of hydrogen-bond donors (Lipinski definition) is 1. The first kappa shape index (κ1) is 13.9. The highest BCUT2D eigenvalue weighted by molar-refractivity contribution is 5.94. The maximum absolute atomic E-state index is 11.9. The summed E-state index contributed by atoms with van der Waals surface area (Å²) in [6.07, 6.45) is 2.34. The van der Waals surface area contributed by atoms with Gasteiger partial charge in [-0.05, 0) is 44.9 Å². The van der Waals surface area contributed by atoms with Crippen molar-refractivity contribution in [3.8, 4) is 5.75 Å². The highest BCUT2D eigenvalue weighted by Crippen LogP contribution is 2.17. The molecular weight excluding hydrogens is 242 g/mol. The van der Waals surface area contributed by atoms with Gasteiger partial charge in [0, 0.05) is 18.2 Å². The van der Waals surface area contributed by atoms with E-state index in [2.05, 4.69) is 5.32 Å². The summed E-state index contributed by atoms with van der Waals surface area (Å²) in [4.78, 5) is 11.9. The van der Waals surface area contributed by atoms with E-state index in [1.54, 1.807) is 12.1 Å². The summed E-state index contributed by atoms with van der Waals surface area (Å²) in [5.41, 5.74) is 0.624. The third-order valence-corrected chi connectivity index (χ3v) is 2.98. The van der Waals surface area contributed by atoms with Gasteiger partial charge in [0.1, 0.15) is 12.4 Å². The van der Waals surface area contributed by atoms with Gasteiger partial charge < -0.3 is 14.8 Å². The fraction of sp³-hybridized carbons (Fsp3) is 0.533. The summed E-state index contributed by atoms with van der Waals surface area (Å²) in [5, 5.41) is 2.86. The van der Waals surface area contributed by atoms with E-state index in [1.807, 2.05) is 26.0 Å². The number of nitrogens with one attached hydrogen (secondary N) is 1. The van der Waals surface area contributed by atoms with Gasteiger partial charge in [0.25, 0.3) is 5.91 Å². The van der Waals surface area contributed by atoms with Crippen LogP contribution in [0.2, 0.25) is 0 Å². The van der Waals surface area contributed by atoms with Crippen LogP contribution in [-0.4, -0.2) is 31.3 Å². The van der Waals surface area contributed by atoms with Crippen molar-refractivity contribution >= 4 is 5.91 Å². The predicted molar refractivity (Wildman–Crippen MR) is 73.5 cm³/mol. The van der Waals surface area contributed by atoms with Crippen LogP contribution in [-0.2, 0) is 4.74 Å². The molecule has 1 N–H and O–H groups in total. The Morgan fingerprint density at radius 3 is 3.05 bits per heavy atom. The van der Waals surface area contributed by atoms with Gasteiger partial charge in [-0.1, -0.05) is 6.07 Å². The molecule has 1 fully saturated rings. The Morgan fingerprint density at radius 2 is 2.37 bits per heavy atom. The lowest BCUT2D eigenvalue weighted by molar-refractivity contribution is 0.0679. The third-order valence-electron chi connectivity index (χ3n) is 2.98. The standard InChI is InChI=1S/C15H21NO3/c1-11(2)16-15(17)12-5-3-6-13(9-12)19-10-14-7-4-8-18-14/h3,5-6,9,11,14H,4,7-8,10H2,1-2H3,(H,16,17). The van der Waals surface area contributed by atoms with Crippen molar-refractivity contribution < 1.29 is 14.3 Å². The lowest BCUT2D eigenvalue weighted by atomic mass is 10.2. The van der Waals surface area contributed by atoms with Gasteiger partial charge >= 0.3 is 0 Å². The van der Waals surface area contributed by atoms with E-state index in [0.29, 0.717) is 17.9 Å². The summed E-state index contributed by atoms with van der Waals surface area (Å²) in [6.45, 7) is 5.26. The molecule has 0 saturated carbocycles. The second-order valence-electron chi connectivity index (χ2n) is 5.10. The fourth-order valence-corrected chi connectivity index (χ4v) is 2.04. The van der Waals surface area contributed by atoms with Crippen LogP contribution < -0.4 is 10.1 Å². The van der Waals surface area contributed by atoms with Gasteiger partial charge in [0.2, 0.25) is 0 Å². The predicted octanol–water partition coefficient (Wildman–Crippen LogP) is 2.38. The quantitative estimate of drug-likeness (QED) is 0.887. The minimum Gasteiger partial charge on any atom is -0.491 e. The van der Waals surface area contributed by atoms with Crippen molar-refractivity contribution in [1.29, 1.82) is 0 Å². The van der Waals surface area contributed by atoms with E-state index >= 15 is 0 Å². The number of carbonyl (C=O) groups is 1. The Labute approximate surface area is 114 Å². The number of ether oxygens (including phenoxy) is 2. The molecule has 4 nitrogen and oxygen atoms in total.